The maximum atomic E-state index is 13.4. The van der Waals surface area contributed by atoms with Crippen molar-refractivity contribution in [3.05, 3.63) is 50.7 Å². The number of nitrogen functional groups attached to an aromatic ring is 1. The molecular weight excluding hydrogens is 370 g/mol. The van der Waals surface area contributed by atoms with Gasteiger partial charge in [-0.15, -0.1) is 0 Å². The van der Waals surface area contributed by atoms with Gasteiger partial charge in [0, 0.05) is 38.4 Å². The minimum absolute atomic E-state index is 0.0282. The lowest BCUT2D eigenvalue weighted by molar-refractivity contribution is 0.0986. The number of unbranched alkanes of at least 4 members (excludes halogenated alkanes) is 2. The van der Waals surface area contributed by atoms with E-state index in [1.54, 1.807) is 18.2 Å². The van der Waals surface area contributed by atoms with Crippen LogP contribution >= 0.6 is 0 Å². The van der Waals surface area contributed by atoms with Crippen LogP contribution in [0.4, 0.5) is 17.2 Å². The minimum atomic E-state index is -0.645. The number of nitrogens with zero attached hydrogens (tertiary/aromatic N) is 3. The van der Waals surface area contributed by atoms with Gasteiger partial charge in [-0.2, -0.15) is 0 Å². The number of carbonyl (C=O) groups is 1. The van der Waals surface area contributed by atoms with Crippen LogP contribution in [0.1, 0.15) is 49.9 Å². The molecule has 1 amide bonds. The van der Waals surface area contributed by atoms with Crippen molar-refractivity contribution in [3.8, 4) is 0 Å². The molecule has 0 unspecified atom stereocenters. The van der Waals surface area contributed by atoms with E-state index in [0.29, 0.717) is 25.1 Å². The summed E-state index contributed by atoms with van der Waals surface area (Å²) in [6.45, 7) is 4.73. The zero-order chi connectivity index (χ0) is 21.6. The average molecular weight is 402 g/mol. The molecule has 1 aromatic carbocycles. The summed E-state index contributed by atoms with van der Waals surface area (Å²) in [4.78, 5) is 43.9. The van der Waals surface area contributed by atoms with Gasteiger partial charge in [0.2, 0.25) is 0 Å². The van der Waals surface area contributed by atoms with Crippen LogP contribution in [-0.2, 0) is 6.54 Å². The molecule has 0 aliphatic carbocycles. The first-order valence-electron chi connectivity index (χ1n) is 10.0. The molecule has 0 atom stereocenters. The molecule has 0 saturated heterocycles. The summed E-state index contributed by atoms with van der Waals surface area (Å²) >= 11 is 0. The Morgan fingerprint density at radius 1 is 1.14 bits per heavy atom. The second-order valence-corrected chi connectivity index (χ2v) is 7.25. The van der Waals surface area contributed by atoms with Crippen molar-refractivity contribution in [3.63, 3.8) is 0 Å². The number of anilines is 3. The van der Waals surface area contributed by atoms with Crippen LogP contribution in [0.3, 0.4) is 0 Å². The highest BCUT2D eigenvalue weighted by atomic mass is 16.2. The number of aromatic nitrogens is 2. The normalized spacial score (nSPS) is 10.8. The number of hydrogen-bond acceptors (Lipinski definition) is 5. The third-order valence-electron chi connectivity index (χ3n) is 4.81. The largest absolute Gasteiger partial charge is 0.383 e. The van der Waals surface area contributed by atoms with Crippen LogP contribution < -0.4 is 26.8 Å². The van der Waals surface area contributed by atoms with Gasteiger partial charge < -0.3 is 15.5 Å². The van der Waals surface area contributed by atoms with Crippen molar-refractivity contribution >= 4 is 23.1 Å². The van der Waals surface area contributed by atoms with Crippen molar-refractivity contribution in [2.24, 2.45) is 0 Å². The van der Waals surface area contributed by atoms with Crippen molar-refractivity contribution in [2.75, 3.05) is 36.2 Å². The number of rotatable bonds is 9. The summed E-state index contributed by atoms with van der Waals surface area (Å²) < 4.78 is 1.34. The first-order valence-corrected chi connectivity index (χ1v) is 10.0. The van der Waals surface area contributed by atoms with Gasteiger partial charge >= 0.3 is 5.69 Å². The Labute approximate surface area is 170 Å². The number of amides is 1. The SMILES string of the molecule is CCCCN(C(=O)c1cccc(N(C)C)c1)c1c(N)n(CCCC)c(=O)[nH]c1=O. The molecule has 3 N–H and O–H groups in total. The number of H-pyrrole nitrogens is 1. The number of hydrogen-bond donors (Lipinski definition) is 2. The molecular formula is C21H31N5O3. The van der Waals surface area contributed by atoms with E-state index >= 15 is 0 Å². The summed E-state index contributed by atoms with van der Waals surface area (Å²) in [6, 6.07) is 7.19. The highest BCUT2D eigenvalue weighted by Crippen LogP contribution is 2.22. The molecule has 2 rings (SSSR count). The summed E-state index contributed by atoms with van der Waals surface area (Å²) in [7, 11) is 3.79. The van der Waals surface area contributed by atoms with Gasteiger partial charge in [-0.05, 0) is 31.0 Å². The van der Waals surface area contributed by atoms with E-state index in [0.717, 1.165) is 24.9 Å². The standard InChI is InChI=1S/C21H31N5O3/c1-5-7-12-25(20(28)15-10-9-11-16(14-15)24(3)4)17-18(22)26(13-8-6-2)21(29)23-19(17)27/h9-11,14H,5-8,12-13,22H2,1-4H3,(H,23,27,29). The third-order valence-corrected chi connectivity index (χ3v) is 4.81. The molecule has 8 heteroatoms. The van der Waals surface area contributed by atoms with Gasteiger partial charge in [0.1, 0.15) is 5.82 Å². The Morgan fingerprint density at radius 3 is 2.45 bits per heavy atom. The molecule has 0 bridgehead atoms. The summed E-state index contributed by atoms with van der Waals surface area (Å²) in [5.74, 6) is -0.291. The molecule has 0 radical (unpaired) electrons. The molecule has 0 fully saturated rings. The topological polar surface area (TPSA) is 104 Å². The summed E-state index contributed by atoms with van der Waals surface area (Å²) in [5, 5.41) is 0. The molecule has 8 nitrogen and oxygen atoms in total. The lowest BCUT2D eigenvalue weighted by Gasteiger charge is -2.25. The minimum Gasteiger partial charge on any atom is -0.383 e. The molecule has 1 aromatic heterocycles. The van der Waals surface area contributed by atoms with Gasteiger partial charge in [0.05, 0.1) is 0 Å². The zero-order valence-corrected chi connectivity index (χ0v) is 17.7. The molecule has 0 saturated carbocycles. The van der Waals surface area contributed by atoms with Crippen LogP contribution in [-0.4, -0.2) is 36.1 Å². The van der Waals surface area contributed by atoms with Crippen LogP contribution in [0.5, 0.6) is 0 Å². The predicted molar refractivity (Wildman–Crippen MR) is 118 cm³/mol. The number of benzene rings is 1. The van der Waals surface area contributed by atoms with Crippen molar-refractivity contribution in [1.82, 2.24) is 9.55 Å². The Kier molecular flexibility index (Phi) is 7.64. The maximum Gasteiger partial charge on any atom is 0.330 e. The van der Waals surface area contributed by atoms with Crippen LogP contribution in [0.15, 0.2) is 33.9 Å². The van der Waals surface area contributed by atoms with E-state index < -0.39 is 11.2 Å². The highest BCUT2D eigenvalue weighted by Gasteiger charge is 2.25. The average Bonchev–Trinajstić information content (AvgIpc) is 2.69. The smallest absolute Gasteiger partial charge is 0.330 e. The summed E-state index contributed by atoms with van der Waals surface area (Å²) in [5.41, 5.74) is 6.40. The van der Waals surface area contributed by atoms with E-state index in [1.165, 1.54) is 9.47 Å². The molecule has 158 valence electrons. The number of aromatic amines is 1. The number of nitrogens with one attached hydrogen (secondary N) is 1. The molecule has 2 aromatic rings. The van der Waals surface area contributed by atoms with E-state index in [1.807, 2.05) is 38.9 Å². The van der Waals surface area contributed by atoms with Crippen molar-refractivity contribution < 1.29 is 4.79 Å². The number of carbonyl (C=O) groups excluding carboxylic acids is 1. The predicted octanol–water partition coefficient (Wildman–Crippen LogP) is 2.43. The first kappa shape index (κ1) is 22.3. The highest BCUT2D eigenvalue weighted by molar-refractivity contribution is 6.07. The monoisotopic (exact) mass is 401 g/mol. The maximum absolute atomic E-state index is 13.4. The van der Waals surface area contributed by atoms with E-state index in [-0.39, 0.29) is 17.4 Å². The Hall–Kier alpha value is -3.03. The van der Waals surface area contributed by atoms with Crippen LogP contribution in [0.2, 0.25) is 0 Å². The Morgan fingerprint density at radius 2 is 1.83 bits per heavy atom. The van der Waals surface area contributed by atoms with Gasteiger partial charge in [-0.25, -0.2) is 4.79 Å². The first-order chi connectivity index (χ1) is 13.8. The van der Waals surface area contributed by atoms with Gasteiger partial charge in [0.25, 0.3) is 11.5 Å². The number of nitrogens with two attached hydrogens (primary N) is 1. The second kappa shape index (κ2) is 9.95. The quantitative estimate of drug-likeness (QED) is 0.671. The van der Waals surface area contributed by atoms with E-state index in [4.69, 9.17) is 5.73 Å². The fourth-order valence-electron chi connectivity index (χ4n) is 3.08. The van der Waals surface area contributed by atoms with Gasteiger partial charge in [-0.1, -0.05) is 32.8 Å². The van der Waals surface area contributed by atoms with Gasteiger partial charge in [0.15, 0.2) is 5.69 Å². The van der Waals surface area contributed by atoms with Crippen LogP contribution in [0, 0.1) is 0 Å². The fourth-order valence-corrected chi connectivity index (χ4v) is 3.08. The third kappa shape index (κ3) is 5.07. The van der Waals surface area contributed by atoms with Crippen molar-refractivity contribution in [1.29, 1.82) is 0 Å². The molecule has 29 heavy (non-hydrogen) atoms. The molecule has 0 spiro atoms. The molecule has 0 aliphatic rings. The fraction of sp³-hybridized carbons (Fsp3) is 0.476. The molecule has 0 aliphatic heterocycles. The lowest BCUT2D eigenvalue weighted by Crippen LogP contribution is -2.41. The summed E-state index contributed by atoms with van der Waals surface area (Å²) in [6.07, 6.45) is 3.15. The Bertz CT molecular complexity index is 962. The molecule has 1 heterocycles. The van der Waals surface area contributed by atoms with Crippen LogP contribution in [0.25, 0.3) is 0 Å². The van der Waals surface area contributed by atoms with E-state index in [2.05, 4.69) is 4.98 Å². The second-order valence-electron chi connectivity index (χ2n) is 7.25. The lowest BCUT2D eigenvalue weighted by atomic mass is 10.1. The Balaban J connectivity index is 2.58. The van der Waals surface area contributed by atoms with Gasteiger partial charge in [-0.3, -0.25) is 19.1 Å². The zero-order valence-electron chi connectivity index (χ0n) is 17.7. The van der Waals surface area contributed by atoms with Crippen molar-refractivity contribution in [2.45, 2.75) is 46.1 Å². The van der Waals surface area contributed by atoms with E-state index in [9.17, 15) is 14.4 Å².